The molecule has 2 aromatic heterocycles. The third kappa shape index (κ3) is 2.19. The van der Waals surface area contributed by atoms with Gasteiger partial charge in [0.1, 0.15) is 29.4 Å². The van der Waals surface area contributed by atoms with Gasteiger partial charge in [-0.15, -0.1) is 6.42 Å². The third-order valence-electron chi connectivity index (χ3n) is 3.97. The van der Waals surface area contributed by atoms with Gasteiger partial charge in [-0.3, -0.25) is 4.57 Å². The lowest BCUT2D eigenvalue weighted by molar-refractivity contribution is -0.0386. The van der Waals surface area contributed by atoms with Crippen LogP contribution in [0.3, 0.4) is 0 Å². The number of hydrogen-bond donors (Lipinski definition) is 3. The van der Waals surface area contributed by atoms with Gasteiger partial charge in [0.2, 0.25) is 5.67 Å². The Morgan fingerprint density at radius 2 is 2.46 bits per heavy atom. The first-order chi connectivity index (χ1) is 11.3. The average molecular weight is 352 g/mol. The Labute approximate surface area is 140 Å². The maximum Gasteiger partial charge on any atom is 0.243 e. The zero-order chi connectivity index (χ0) is 17.6. The minimum atomic E-state index is -2.61. The van der Waals surface area contributed by atoms with Crippen LogP contribution in [0.4, 0.5) is 10.3 Å². The SMILES string of the molecule is C#C[C@@]1(F)C(O)[C@@H]([C@@H](C)N=O)O[C@H]1n1cnc2c(=S)nc(N)[nH]c21. The number of nitrogen functional groups attached to an aromatic ring is 1. The molecule has 0 amide bonds. The van der Waals surface area contributed by atoms with Gasteiger partial charge in [-0.25, -0.2) is 14.4 Å². The second kappa shape index (κ2) is 5.59. The molecule has 1 aliphatic heterocycles. The average Bonchev–Trinajstić information content (AvgIpc) is 3.07. The number of aromatic nitrogens is 4. The number of terminal acetylenes is 1. The third-order valence-corrected chi connectivity index (χ3v) is 4.25. The van der Waals surface area contributed by atoms with Crippen LogP contribution in [0.5, 0.6) is 0 Å². The smallest absolute Gasteiger partial charge is 0.243 e. The summed E-state index contributed by atoms with van der Waals surface area (Å²) >= 11 is 5.05. The van der Waals surface area contributed by atoms with Crippen molar-refractivity contribution in [3.05, 3.63) is 15.9 Å². The van der Waals surface area contributed by atoms with Gasteiger partial charge < -0.3 is 20.6 Å². The number of nitroso groups, excluding NO2 is 1. The summed E-state index contributed by atoms with van der Waals surface area (Å²) in [6.45, 7) is 1.39. The summed E-state index contributed by atoms with van der Waals surface area (Å²) in [5.74, 6) is 1.91. The number of halogens is 1. The maximum absolute atomic E-state index is 15.2. The number of fused-ring (bicyclic) bond motifs is 1. The number of rotatable bonds is 3. The second-order valence-corrected chi connectivity index (χ2v) is 5.82. The van der Waals surface area contributed by atoms with Crippen molar-refractivity contribution < 1.29 is 14.2 Å². The highest BCUT2D eigenvalue weighted by molar-refractivity contribution is 7.71. The molecule has 2 aromatic rings. The number of nitrogens with zero attached hydrogens (tertiary/aromatic N) is 4. The van der Waals surface area contributed by atoms with Gasteiger partial charge in [0.15, 0.2) is 16.8 Å². The Morgan fingerprint density at radius 1 is 1.75 bits per heavy atom. The normalized spacial score (nSPS) is 31.0. The Morgan fingerprint density at radius 3 is 3.08 bits per heavy atom. The van der Waals surface area contributed by atoms with E-state index in [1.165, 1.54) is 17.8 Å². The first-order valence-electron chi connectivity index (χ1n) is 6.88. The molecule has 1 unspecified atom stereocenters. The van der Waals surface area contributed by atoms with E-state index in [1.54, 1.807) is 0 Å². The molecule has 0 radical (unpaired) electrons. The van der Waals surface area contributed by atoms with Crippen LogP contribution in [0.25, 0.3) is 11.2 Å². The Hall–Kier alpha value is -2.42. The van der Waals surface area contributed by atoms with Crippen molar-refractivity contribution in [1.82, 2.24) is 19.5 Å². The summed E-state index contributed by atoms with van der Waals surface area (Å²) in [6, 6.07) is -1.01. The van der Waals surface area contributed by atoms with Crippen LogP contribution in [0.1, 0.15) is 13.2 Å². The van der Waals surface area contributed by atoms with Crippen molar-refractivity contribution >= 4 is 29.3 Å². The van der Waals surface area contributed by atoms with Crippen molar-refractivity contribution in [2.45, 2.75) is 37.1 Å². The van der Waals surface area contributed by atoms with Gasteiger partial charge in [0.25, 0.3) is 0 Å². The largest absolute Gasteiger partial charge is 0.386 e. The number of nitrogens with one attached hydrogen (secondary N) is 1. The number of aliphatic hydroxyl groups excluding tert-OH is 1. The molecule has 11 heteroatoms. The molecule has 0 saturated carbocycles. The fourth-order valence-electron chi connectivity index (χ4n) is 2.70. The molecule has 4 N–H and O–H groups in total. The molecule has 3 rings (SSSR count). The van der Waals surface area contributed by atoms with E-state index in [0.29, 0.717) is 0 Å². The van der Waals surface area contributed by atoms with Gasteiger partial charge in [0.05, 0.1) is 6.33 Å². The van der Waals surface area contributed by atoms with E-state index in [9.17, 15) is 10.0 Å². The van der Waals surface area contributed by atoms with Crippen LogP contribution in [0.2, 0.25) is 0 Å². The molecule has 0 aromatic carbocycles. The molecule has 1 aliphatic rings. The summed E-state index contributed by atoms with van der Waals surface area (Å²) in [5, 5.41) is 13.0. The van der Waals surface area contributed by atoms with Crippen LogP contribution in [0, 0.1) is 21.9 Å². The minimum absolute atomic E-state index is 0.00237. The Bertz CT molecular complexity index is 907. The number of nitrogens with two attached hydrogens (primary N) is 1. The first-order valence-corrected chi connectivity index (χ1v) is 7.29. The zero-order valence-electron chi connectivity index (χ0n) is 12.4. The molecule has 0 spiro atoms. The number of aromatic amines is 1. The van der Waals surface area contributed by atoms with E-state index in [0.717, 1.165) is 0 Å². The minimum Gasteiger partial charge on any atom is -0.386 e. The van der Waals surface area contributed by atoms with Crippen LogP contribution in [-0.2, 0) is 4.74 Å². The fourth-order valence-corrected chi connectivity index (χ4v) is 2.95. The lowest BCUT2D eigenvalue weighted by Crippen LogP contribution is -2.43. The summed E-state index contributed by atoms with van der Waals surface area (Å²) in [4.78, 5) is 21.4. The number of aliphatic hydroxyl groups is 1. The predicted molar refractivity (Wildman–Crippen MR) is 85.0 cm³/mol. The Kier molecular flexibility index (Phi) is 3.83. The van der Waals surface area contributed by atoms with E-state index >= 15 is 4.39 Å². The molecule has 0 bridgehead atoms. The molecule has 3 heterocycles. The summed E-state index contributed by atoms with van der Waals surface area (Å²) in [7, 11) is 0. The maximum atomic E-state index is 15.2. The molecule has 24 heavy (non-hydrogen) atoms. The topological polar surface area (TPSA) is 131 Å². The first kappa shape index (κ1) is 16.4. The molecule has 126 valence electrons. The van der Waals surface area contributed by atoms with Crippen LogP contribution < -0.4 is 5.73 Å². The highest BCUT2D eigenvalue weighted by atomic mass is 32.1. The van der Waals surface area contributed by atoms with Crippen molar-refractivity contribution in [2.75, 3.05) is 5.73 Å². The predicted octanol–water partition coefficient (Wildman–Crippen LogP) is 0.826. The Balaban J connectivity index is 2.16. The molecular formula is C13H13FN6O3S. The van der Waals surface area contributed by atoms with Crippen LogP contribution in [0.15, 0.2) is 11.5 Å². The molecule has 1 saturated heterocycles. The monoisotopic (exact) mass is 352 g/mol. The van der Waals surface area contributed by atoms with Crippen molar-refractivity contribution in [2.24, 2.45) is 5.18 Å². The number of alkyl halides is 1. The zero-order valence-corrected chi connectivity index (χ0v) is 13.2. The highest BCUT2D eigenvalue weighted by Crippen LogP contribution is 2.43. The van der Waals surface area contributed by atoms with Gasteiger partial charge in [-0.2, -0.15) is 4.91 Å². The number of anilines is 1. The second-order valence-electron chi connectivity index (χ2n) is 5.43. The number of imidazole rings is 1. The van der Waals surface area contributed by atoms with E-state index in [4.69, 9.17) is 29.1 Å². The summed E-state index contributed by atoms with van der Waals surface area (Å²) < 4.78 is 22.1. The van der Waals surface area contributed by atoms with Crippen molar-refractivity contribution in [1.29, 1.82) is 0 Å². The summed E-state index contributed by atoms with van der Waals surface area (Å²) in [6.07, 6.45) is 2.11. The number of hydrogen-bond acceptors (Lipinski definition) is 8. The van der Waals surface area contributed by atoms with Crippen molar-refractivity contribution in [3.63, 3.8) is 0 Å². The van der Waals surface area contributed by atoms with E-state index < -0.39 is 30.1 Å². The van der Waals surface area contributed by atoms with Crippen molar-refractivity contribution in [3.8, 4) is 12.3 Å². The number of H-pyrrole nitrogens is 1. The quantitative estimate of drug-likeness (QED) is 0.423. The lowest BCUT2D eigenvalue weighted by Gasteiger charge is -2.23. The van der Waals surface area contributed by atoms with Gasteiger partial charge in [-0.1, -0.05) is 23.3 Å². The van der Waals surface area contributed by atoms with Gasteiger partial charge in [-0.05, 0) is 6.92 Å². The molecule has 9 nitrogen and oxygen atoms in total. The standard InChI is InChI=1S/C13H13FN6O3S/c1-3-13(14)8(21)7(5(2)19-22)23-11(13)20-4-16-6-9(20)17-12(15)18-10(6)24/h1,4-5,7-8,11,21H,2H3,(H3,15,17,18,24)/t5-,7-,8?,11-,13-/m1/s1. The molecule has 5 atom stereocenters. The van der Waals surface area contributed by atoms with Gasteiger partial charge >= 0.3 is 0 Å². The van der Waals surface area contributed by atoms with Crippen LogP contribution >= 0.6 is 12.2 Å². The van der Waals surface area contributed by atoms with Gasteiger partial charge in [0, 0.05) is 0 Å². The molecule has 0 aliphatic carbocycles. The molecule has 1 fully saturated rings. The highest BCUT2D eigenvalue weighted by Gasteiger charge is 2.59. The van der Waals surface area contributed by atoms with Crippen LogP contribution in [-0.4, -0.2) is 48.5 Å². The van der Waals surface area contributed by atoms with E-state index in [1.807, 2.05) is 5.92 Å². The lowest BCUT2D eigenvalue weighted by atomic mass is 9.94. The van der Waals surface area contributed by atoms with E-state index in [2.05, 4.69) is 20.1 Å². The molecular weight excluding hydrogens is 339 g/mol. The number of ether oxygens (including phenoxy) is 1. The fraction of sp³-hybridized carbons (Fsp3) is 0.462. The van der Waals surface area contributed by atoms with E-state index in [-0.39, 0.29) is 21.8 Å². The summed E-state index contributed by atoms with van der Waals surface area (Å²) in [5.41, 5.74) is 3.51.